The third-order valence-electron chi connectivity index (χ3n) is 3.73. The standard InChI is InChI=1S/C15H26N2O/c1-12-10-13(6-7-14(12)18-5)8-9-17(4)15(2,3)11-16/h6-7,10H,8-9,11,16H2,1-5H3. The van der Waals surface area contributed by atoms with Crippen LogP contribution in [0.5, 0.6) is 5.75 Å². The van der Waals surface area contributed by atoms with Gasteiger partial charge in [0.05, 0.1) is 7.11 Å². The summed E-state index contributed by atoms with van der Waals surface area (Å²) in [5.41, 5.74) is 8.37. The Morgan fingerprint density at radius 1 is 1.33 bits per heavy atom. The maximum absolute atomic E-state index is 5.78. The minimum atomic E-state index is 0.0571. The third kappa shape index (κ3) is 3.72. The van der Waals surface area contributed by atoms with E-state index in [1.807, 2.05) is 6.07 Å². The van der Waals surface area contributed by atoms with Crippen LogP contribution in [0.1, 0.15) is 25.0 Å². The third-order valence-corrected chi connectivity index (χ3v) is 3.73. The monoisotopic (exact) mass is 250 g/mol. The van der Waals surface area contributed by atoms with E-state index in [0.29, 0.717) is 6.54 Å². The molecule has 0 radical (unpaired) electrons. The zero-order valence-corrected chi connectivity index (χ0v) is 12.3. The highest BCUT2D eigenvalue weighted by atomic mass is 16.5. The van der Waals surface area contributed by atoms with Crippen LogP contribution in [0.15, 0.2) is 18.2 Å². The number of hydrogen-bond acceptors (Lipinski definition) is 3. The average Bonchev–Trinajstić information content (AvgIpc) is 2.36. The molecule has 1 aromatic rings. The first-order chi connectivity index (χ1) is 8.40. The molecule has 0 spiro atoms. The smallest absolute Gasteiger partial charge is 0.121 e. The van der Waals surface area contributed by atoms with Gasteiger partial charge in [0.2, 0.25) is 0 Å². The molecule has 3 heteroatoms. The van der Waals surface area contributed by atoms with E-state index in [9.17, 15) is 0 Å². The molecule has 1 rings (SSSR count). The van der Waals surface area contributed by atoms with Crippen molar-refractivity contribution in [3.63, 3.8) is 0 Å². The van der Waals surface area contributed by atoms with Gasteiger partial charge in [-0.25, -0.2) is 0 Å². The van der Waals surface area contributed by atoms with E-state index in [2.05, 4.69) is 44.9 Å². The quantitative estimate of drug-likeness (QED) is 0.841. The van der Waals surface area contributed by atoms with Gasteiger partial charge in [-0.3, -0.25) is 4.90 Å². The van der Waals surface area contributed by atoms with Crippen molar-refractivity contribution in [2.75, 3.05) is 27.2 Å². The Balaban J connectivity index is 2.61. The van der Waals surface area contributed by atoms with Gasteiger partial charge in [-0.15, -0.1) is 0 Å². The summed E-state index contributed by atoms with van der Waals surface area (Å²) in [4.78, 5) is 2.31. The predicted octanol–water partition coefficient (Wildman–Crippen LogP) is 2.22. The molecule has 0 aromatic heterocycles. The van der Waals surface area contributed by atoms with E-state index < -0.39 is 0 Å². The Bertz CT molecular complexity index is 388. The van der Waals surface area contributed by atoms with E-state index in [-0.39, 0.29) is 5.54 Å². The fourth-order valence-corrected chi connectivity index (χ4v) is 1.85. The van der Waals surface area contributed by atoms with Crippen LogP contribution in [0.2, 0.25) is 0 Å². The summed E-state index contributed by atoms with van der Waals surface area (Å²) in [6.45, 7) is 8.11. The summed E-state index contributed by atoms with van der Waals surface area (Å²) in [5.74, 6) is 0.953. The molecule has 2 N–H and O–H groups in total. The number of ether oxygens (including phenoxy) is 1. The molecule has 102 valence electrons. The van der Waals surface area contributed by atoms with Gasteiger partial charge in [0.25, 0.3) is 0 Å². The molecule has 0 fully saturated rings. The second-order valence-electron chi connectivity index (χ2n) is 5.49. The molecule has 1 aromatic carbocycles. The molecule has 0 amide bonds. The molecule has 0 saturated heterocycles. The zero-order chi connectivity index (χ0) is 13.8. The summed E-state index contributed by atoms with van der Waals surface area (Å²) in [6.07, 6.45) is 1.03. The largest absolute Gasteiger partial charge is 0.496 e. The van der Waals surface area contributed by atoms with Gasteiger partial charge in [0.1, 0.15) is 5.75 Å². The molecular formula is C15H26N2O. The van der Waals surface area contributed by atoms with Crippen LogP contribution in [-0.4, -0.2) is 37.7 Å². The lowest BCUT2D eigenvalue weighted by atomic mass is 10.0. The normalized spacial score (nSPS) is 11.9. The minimum absolute atomic E-state index is 0.0571. The van der Waals surface area contributed by atoms with E-state index in [4.69, 9.17) is 10.5 Å². The molecule has 0 atom stereocenters. The second kappa shape index (κ2) is 6.21. The van der Waals surface area contributed by atoms with Crippen molar-refractivity contribution in [2.45, 2.75) is 32.7 Å². The van der Waals surface area contributed by atoms with Gasteiger partial charge in [0.15, 0.2) is 0 Å². The topological polar surface area (TPSA) is 38.5 Å². The highest BCUT2D eigenvalue weighted by molar-refractivity contribution is 5.36. The molecule has 0 unspecified atom stereocenters. The van der Waals surface area contributed by atoms with Gasteiger partial charge in [-0.2, -0.15) is 0 Å². The minimum Gasteiger partial charge on any atom is -0.496 e. The van der Waals surface area contributed by atoms with Crippen LogP contribution in [0.25, 0.3) is 0 Å². The van der Waals surface area contributed by atoms with Crippen molar-refractivity contribution < 1.29 is 4.74 Å². The van der Waals surface area contributed by atoms with E-state index in [1.165, 1.54) is 11.1 Å². The van der Waals surface area contributed by atoms with Crippen molar-refractivity contribution in [1.29, 1.82) is 0 Å². The number of nitrogens with two attached hydrogens (primary N) is 1. The van der Waals surface area contributed by atoms with E-state index in [0.717, 1.165) is 18.7 Å². The van der Waals surface area contributed by atoms with Gasteiger partial charge in [0, 0.05) is 18.6 Å². The maximum Gasteiger partial charge on any atom is 0.121 e. The Morgan fingerprint density at radius 2 is 2.00 bits per heavy atom. The fraction of sp³-hybridized carbons (Fsp3) is 0.600. The molecule has 0 heterocycles. The number of likely N-dealkylation sites (N-methyl/N-ethyl adjacent to an activating group) is 1. The zero-order valence-electron chi connectivity index (χ0n) is 12.3. The molecular weight excluding hydrogens is 224 g/mol. The first-order valence-corrected chi connectivity index (χ1v) is 6.45. The second-order valence-corrected chi connectivity index (χ2v) is 5.49. The van der Waals surface area contributed by atoms with Gasteiger partial charge in [-0.1, -0.05) is 12.1 Å². The summed E-state index contributed by atoms with van der Waals surface area (Å²) < 4.78 is 5.27. The number of nitrogens with zero attached hydrogens (tertiary/aromatic N) is 1. The summed E-state index contributed by atoms with van der Waals surface area (Å²) >= 11 is 0. The van der Waals surface area contributed by atoms with Crippen molar-refractivity contribution >= 4 is 0 Å². The van der Waals surface area contributed by atoms with Crippen molar-refractivity contribution in [1.82, 2.24) is 4.90 Å². The summed E-state index contributed by atoms with van der Waals surface area (Å²) in [6, 6.07) is 6.37. The van der Waals surface area contributed by atoms with Crippen LogP contribution >= 0.6 is 0 Å². The van der Waals surface area contributed by atoms with Crippen LogP contribution < -0.4 is 10.5 Å². The number of hydrogen-bond donors (Lipinski definition) is 1. The van der Waals surface area contributed by atoms with Crippen molar-refractivity contribution in [3.8, 4) is 5.75 Å². The number of aryl methyl sites for hydroxylation is 1. The highest BCUT2D eigenvalue weighted by Gasteiger charge is 2.20. The molecule has 0 aliphatic rings. The molecule has 0 saturated carbocycles. The Morgan fingerprint density at radius 3 is 2.50 bits per heavy atom. The van der Waals surface area contributed by atoms with E-state index >= 15 is 0 Å². The Kier molecular flexibility index (Phi) is 5.17. The van der Waals surface area contributed by atoms with Gasteiger partial charge in [-0.05, 0) is 51.4 Å². The molecule has 3 nitrogen and oxygen atoms in total. The predicted molar refractivity (Wildman–Crippen MR) is 77.2 cm³/mol. The number of rotatable bonds is 6. The van der Waals surface area contributed by atoms with Crippen LogP contribution in [0.4, 0.5) is 0 Å². The van der Waals surface area contributed by atoms with Gasteiger partial charge < -0.3 is 10.5 Å². The van der Waals surface area contributed by atoms with Crippen molar-refractivity contribution in [2.24, 2.45) is 5.73 Å². The Hall–Kier alpha value is -1.06. The number of benzene rings is 1. The van der Waals surface area contributed by atoms with Crippen LogP contribution in [0.3, 0.4) is 0 Å². The Labute approximate surface area is 111 Å². The first kappa shape index (κ1) is 15.0. The SMILES string of the molecule is COc1ccc(CCN(C)C(C)(C)CN)cc1C. The van der Waals surface area contributed by atoms with Crippen LogP contribution in [-0.2, 0) is 6.42 Å². The fourth-order valence-electron chi connectivity index (χ4n) is 1.85. The lowest BCUT2D eigenvalue weighted by molar-refractivity contribution is 0.166. The maximum atomic E-state index is 5.78. The summed E-state index contributed by atoms with van der Waals surface area (Å²) in [7, 11) is 3.84. The van der Waals surface area contributed by atoms with Crippen LogP contribution in [0, 0.1) is 6.92 Å². The van der Waals surface area contributed by atoms with Gasteiger partial charge >= 0.3 is 0 Å². The summed E-state index contributed by atoms with van der Waals surface area (Å²) in [5, 5.41) is 0. The highest BCUT2D eigenvalue weighted by Crippen LogP contribution is 2.19. The van der Waals surface area contributed by atoms with E-state index in [1.54, 1.807) is 7.11 Å². The molecule has 0 aliphatic heterocycles. The molecule has 18 heavy (non-hydrogen) atoms. The first-order valence-electron chi connectivity index (χ1n) is 6.45. The van der Waals surface area contributed by atoms with Crippen molar-refractivity contribution in [3.05, 3.63) is 29.3 Å². The number of methoxy groups -OCH3 is 1. The molecule has 0 bridgehead atoms. The lowest BCUT2D eigenvalue weighted by Crippen LogP contribution is -2.47. The lowest BCUT2D eigenvalue weighted by Gasteiger charge is -2.34. The molecule has 0 aliphatic carbocycles. The average molecular weight is 250 g/mol.